The van der Waals surface area contributed by atoms with Gasteiger partial charge in [-0.15, -0.1) is 0 Å². The van der Waals surface area contributed by atoms with Gasteiger partial charge >= 0.3 is 6.03 Å². The Balaban J connectivity index is 1.42. The quantitative estimate of drug-likeness (QED) is 0.643. The van der Waals surface area contributed by atoms with Crippen molar-refractivity contribution in [2.24, 2.45) is 0 Å². The van der Waals surface area contributed by atoms with Crippen molar-refractivity contribution in [1.82, 2.24) is 5.32 Å². The summed E-state index contributed by atoms with van der Waals surface area (Å²) >= 11 is 0. The molecule has 0 fully saturated rings. The summed E-state index contributed by atoms with van der Waals surface area (Å²) in [5, 5.41) is 5.72. The second-order valence-electron chi connectivity index (χ2n) is 7.58. The van der Waals surface area contributed by atoms with Crippen LogP contribution in [-0.4, -0.2) is 25.6 Å². The van der Waals surface area contributed by atoms with Gasteiger partial charge in [0.1, 0.15) is 5.75 Å². The van der Waals surface area contributed by atoms with Gasteiger partial charge in [-0.3, -0.25) is 4.79 Å². The van der Waals surface area contributed by atoms with Gasteiger partial charge in [0.25, 0.3) is 5.91 Å². The van der Waals surface area contributed by atoms with Gasteiger partial charge in [0.05, 0.1) is 7.11 Å². The van der Waals surface area contributed by atoms with Crippen LogP contribution in [0.4, 0.5) is 16.2 Å². The van der Waals surface area contributed by atoms with Crippen LogP contribution in [0.15, 0.2) is 66.7 Å². The Morgan fingerprint density at radius 3 is 2.58 bits per heavy atom. The van der Waals surface area contributed by atoms with Crippen molar-refractivity contribution >= 4 is 23.3 Å². The molecule has 1 heterocycles. The zero-order chi connectivity index (χ0) is 21.8. The number of hydrogen-bond donors (Lipinski definition) is 2. The maximum Gasteiger partial charge on any atom is 0.319 e. The number of amides is 3. The summed E-state index contributed by atoms with van der Waals surface area (Å²) in [7, 11) is 1.60. The van der Waals surface area contributed by atoms with Gasteiger partial charge in [-0.05, 0) is 72.5 Å². The van der Waals surface area contributed by atoms with Crippen LogP contribution in [0.25, 0.3) is 0 Å². The molecule has 2 N–H and O–H groups in total. The van der Waals surface area contributed by atoms with Gasteiger partial charge in [-0.2, -0.15) is 0 Å². The second kappa shape index (κ2) is 8.92. The highest BCUT2D eigenvalue weighted by Gasteiger charge is 2.25. The molecule has 6 heteroatoms. The number of rotatable bonds is 5. The average molecular weight is 415 g/mol. The Kier molecular flexibility index (Phi) is 5.89. The number of benzene rings is 3. The lowest BCUT2D eigenvalue weighted by Crippen LogP contribution is -2.29. The van der Waals surface area contributed by atoms with E-state index in [9.17, 15) is 9.59 Å². The molecule has 6 nitrogen and oxygen atoms in total. The van der Waals surface area contributed by atoms with Crippen molar-refractivity contribution in [3.63, 3.8) is 0 Å². The summed E-state index contributed by atoms with van der Waals surface area (Å²) in [5.74, 6) is 0.680. The van der Waals surface area contributed by atoms with E-state index in [-0.39, 0.29) is 11.9 Å². The minimum absolute atomic E-state index is 0.0382. The SMILES string of the molecule is COc1ccc(C(=O)N2CCc3ccc(CNC(=O)Nc4cccc(C)c4)cc32)cc1. The molecule has 1 aliphatic rings. The lowest BCUT2D eigenvalue weighted by Gasteiger charge is -2.18. The molecular formula is C25H25N3O3. The number of nitrogens with one attached hydrogen (secondary N) is 2. The molecule has 1 aliphatic heterocycles. The van der Waals surface area contributed by atoms with Crippen molar-refractivity contribution < 1.29 is 14.3 Å². The monoisotopic (exact) mass is 415 g/mol. The molecule has 0 atom stereocenters. The summed E-state index contributed by atoms with van der Waals surface area (Å²) in [5.41, 5.74) is 5.43. The van der Waals surface area contributed by atoms with Gasteiger partial charge in [0.2, 0.25) is 0 Å². The van der Waals surface area contributed by atoms with Crippen LogP contribution in [-0.2, 0) is 13.0 Å². The predicted molar refractivity (Wildman–Crippen MR) is 122 cm³/mol. The van der Waals surface area contributed by atoms with Crippen LogP contribution >= 0.6 is 0 Å². The number of ether oxygens (including phenoxy) is 1. The van der Waals surface area contributed by atoms with Crippen LogP contribution < -0.4 is 20.3 Å². The van der Waals surface area contributed by atoms with E-state index in [1.165, 1.54) is 0 Å². The maximum atomic E-state index is 13.0. The lowest BCUT2D eigenvalue weighted by atomic mass is 10.1. The first-order valence-electron chi connectivity index (χ1n) is 10.2. The van der Waals surface area contributed by atoms with Gasteiger partial charge < -0.3 is 20.3 Å². The van der Waals surface area contributed by atoms with Crippen LogP contribution in [0, 0.1) is 6.92 Å². The molecular weight excluding hydrogens is 390 g/mol. The van der Waals surface area contributed by atoms with E-state index < -0.39 is 0 Å². The smallest absolute Gasteiger partial charge is 0.319 e. The molecule has 3 amide bonds. The number of hydrogen-bond acceptors (Lipinski definition) is 3. The first-order valence-corrected chi connectivity index (χ1v) is 10.2. The van der Waals surface area contributed by atoms with Crippen molar-refractivity contribution in [2.75, 3.05) is 23.9 Å². The van der Waals surface area contributed by atoms with Crippen LogP contribution in [0.5, 0.6) is 5.75 Å². The molecule has 31 heavy (non-hydrogen) atoms. The number of nitrogens with zero attached hydrogens (tertiary/aromatic N) is 1. The molecule has 3 aromatic rings. The Bertz CT molecular complexity index is 1110. The van der Waals surface area contributed by atoms with E-state index in [0.29, 0.717) is 18.7 Å². The zero-order valence-corrected chi connectivity index (χ0v) is 17.6. The van der Waals surface area contributed by atoms with Gasteiger partial charge in [0.15, 0.2) is 0 Å². The van der Waals surface area contributed by atoms with Gasteiger partial charge in [0, 0.05) is 30.0 Å². The van der Waals surface area contributed by atoms with Crippen LogP contribution in [0.2, 0.25) is 0 Å². The first kappa shape index (κ1) is 20.5. The van der Waals surface area contributed by atoms with Crippen LogP contribution in [0.1, 0.15) is 27.0 Å². The lowest BCUT2D eigenvalue weighted by molar-refractivity contribution is 0.0989. The summed E-state index contributed by atoms with van der Waals surface area (Å²) < 4.78 is 5.17. The van der Waals surface area contributed by atoms with E-state index in [4.69, 9.17) is 4.74 Å². The van der Waals surface area contributed by atoms with E-state index in [0.717, 1.165) is 40.2 Å². The van der Waals surface area contributed by atoms with Crippen molar-refractivity contribution in [1.29, 1.82) is 0 Å². The molecule has 0 bridgehead atoms. The molecule has 0 radical (unpaired) electrons. The average Bonchev–Trinajstić information content (AvgIpc) is 3.20. The number of carbonyl (C=O) groups is 2. The summed E-state index contributed by atoms with van der Waals surface area (Å²) in [6.45, 7) is 2.99. The Hall–Kier alpha value is -3.80. The fourth-order valence-electron chi connectivity index (χ4n) is 3.72. The summed E-state index contributed by atoms with van der Waals surface area (Å²) in [4.78, 5) is 27.1. The van der Waals surface area contributed by atoms with E-state index in [2.05, 4.69) is 10.6 Å². The number of urea groups is 1. The standard InChI is InChI=1S/C25H25N3O3/c1-17-4-3-5-21(14-17)27-25(30)26-16-18-6-7-19-12-13-28(23(19)15-18)24(29)20-8-10-22(31-2)11-9-20/h3-11,14-15H,12-13,16H2,1-2H3,(H2,26,27,30). The van der Waals surface area contributed by atoms with E-state index in [1.54, 1.807) is 36.3 Å². The third-order valence-electron chi connectivity index (χ3n) is 5.36. The third kappa shape index (κ3) is 4.69. The number of anilines is 2. The molecule has 0 spiro atoms. The Labute approximate surface area is 181 Å². The third-order valence-corrected chi connectivity index (χ3v) is 5.36. The van der Waals surface area contributed by atoms with Crippen molar-refractivity contribution in [3.8, 4) is 5.75 Å². The summed E-state index contributed by atoms with van der Waals surface area (Å²) in [6, 6.07) is 20.5. The highest BCUT2D eigenvalue weighted by molar-refractivity contribution is 6.07. The molecule has 0 unspecified atom stereocenters. The molecule has 0 saturated heterocycles. The van der Waals surface area contributed by atoms with E-state index in [1.807, 2.05) is 49.4 Å². The molecule has 0 saturated carbocycles. The predicted octanol–water partition coefficient (Wildman–Crippen LogP) is 4.53. The fraction of sp³-hybridized carbons (Fsp3) is 0.200. The zero-order valence-electron chi connectivity index (χ0n) is 17.6. The second-order valence-corrected chi connectivity index (χ2v) is 7.58. The van der Waals surface area contributed by atoms with Crippen molar-refractivity contribution in [2.45, 2.75) is 19.9 Å². The molecule has 0 aromatic heterocycles. The Morgan fingerprint density at radius 1 is 1.03 bits per heavy atom. The summed E-state index contributed by atoms with van der Waals surface area (Å²) in [6.07, 6.45) is 0.818. The number of aryl methyl sites for hydroxylation is 1. The van der Waals surface area contributed by atoms with Crippen molar-refractivity contribution in [3.05, 3.63) is 89.0 Å². The minimum atomic E-state index is -0.266. The van der Waals surface area contributed by atoms with E-state index >= 15 is 0 Å². The van der Waals surface area contributed by atoms with Gasteiger partial charge in [-0.1, -0.05) is 24.3 Å². The highest BCUT2D eigenvalue weighted by atomic mass is 16.5. The fourth-order valence-corrected chi connectivity index (χ4v) is 3.72. The highest BCUT2D eigenvalue weighted by Crippen LogP contribution is 2.30. The number of methoxy groups -OCH3 is 1. The topological polar surface area (TPSA) is 70.7 Å². The minimum Gasteiger partial charge on any atom is -0.497 e. The van der Waals surface area contributed by atoms with Gasteiger partial charge in [-0.25, -0.2) is 4.79 Å². The largest absolute Gasteiger partial charge is 0.497 e. The number of carbonyl (C=O) groups excluding carboxylic acids is 2. The Morgan fingerprint density at radius 2 is 1.84 bits per heavy atom. The number of fused-ring (bicyclic) bond motifs is 1. The first-order chi connectivity index (χ1) is 15.0. The molecule has 3 aromatic carbocycles. The molecule has 0 aliphatic carbocycles. The maximum absolute atomic E-state index is 13.0. The normalized spacial score (nSPS) is 12.3. The molecule has 158 valence electrons. The van der Waals surface area contributed by atoms with Crippen LogP contribution in [0.3, 0.4) is 0 Å². The molecule has 4 rings (SSSR count).